The van der Waals surface area contributed by atoms with E-state index in [0.29, 0.717) is 28.4 Å². The smallest absolute Gasteiger partial charge is 0.288 e. The van der Waals surface area contributed by atoms with Crippen molar-refractivity contribution in [3.05, 3.63) is 87.9 Å². The molecule has 0 radical (unpaired) electrons. The monoisotopic (exact) mass is 481 g/mol. The van der Waals surface area contributed by atoms with Gasteiger partial charge >= 0.3 is 0 Å². The molecule has 2 aromatic carbocycles. The first kappa shape index (κ1) is 20.4. The second-order valence-electron chi connectivity index (χ2n) is 6.35. The van der Waals surface area contributed by atoms with E-state index in [1.807, 2.05) is 0 Å². The maximum Gasteiger partial charge on any atom is 0.288 e. The Hall–Kier alpha value is -3.85. The van der Waals surface area contributed by atoms with Crippen LogP contribution in [0.15, 0.2) is 80.5 Å². The average molecular weight is 482 g/mol. The molecule has 0 fully saturated rings. The number of hydrogen-bond acceptors (Lipinski definition) is 6. The lowest BCUT2D eigenvalue weighted by molar-refractivity contribution is -0.117. The number of fused-ring (bicyclic) bond motifs is 1. The van der Waals surface area contributed by atoms with Gasteiger partial charge in [-0.1, -0.05) is 15.9 Å². The van der Waals surface area contributed by atoms with Crippen LogP contribution in [0, 0.1) is 0 Å². The lowest BCUT2D eigenvalue weighted by Crippen LogP contribution is -2.32. The van der Waals surface area contributed by atoms with Crippen LogP contribution in [-0.4, -0.2) is 24.8 Å². The number of hydrogen-bond donors (Lipinski definition) is 2. The van der Waals surface area contributed by atoms with E-state index in [1.54, 1.807) is 54.6 Å². The lowest BCUT2D eigenvalue weighted by atomic mass is 10.2. The van der Waals surface area contributed by atoms with Crippen molar-refractivity contribution in [1.82, 2.24) is 10.7 Å². The predicted molar refractivity (Wildman–Crippen MR) is 117 cm³/mol. The van der Waals surface area contributed by atoms with Crippen LogP contribution in [0.1, 0.15) is 21.7 Å². The largest absolute Gasteiger partial charge is 0.465 e. The molecule has 9 heteroatoms. The first-order valence-corrected chi connectivity index (χ1v) is 9.93. The van der Waals surface area contributed by atoms with Crippen LogP contribution in [0.5, 0.6) is 11.5 Å². The van der Waals surface area contributed by atoms with Gasteiger partial charge < -0.3 is 19.2 Å². The molecule has 0 atom stereocenters. The summed E-state index contributed by atoms with van der Waals surface area (Å²) in [7, 11) is 0. The lowest BCUT2D eigenvalue weighted by Gasteiger charge is -2.08. The summed E-state index contributed by atoms with van der Waals surface area (Å²) in [6, 6.07) is 15.4. The summed E-state index contributed by atoms with van der Waals surface area (Å²) in [4.78, 5) is 25.2. The Kier molecular flexibility index (Phi) is 6.13. The molecule has 1 aliphatic heterocycles. The molecule has 2 heterocycles. The topological polar surface area (TPSA) is 102 Å². The first-order valence-electron chi connectivity index (χ1n) is 9.14. The molecule has 0 saturated carbocycles. The van der Waals surface area contributed by atoms with E-state index in [2.05, 4.69) is 31.8 Å². The SMILES string of the molecule is O=C(N/N=C\c1ccc2c(c1)OCO2)/C(=C/c1ccco1)NC(=O)c1ccc(Br)cc1. The number of carbonyl (C=O) groups excluding carboxylic acids is 2. The fourth-order valence-corrected chi connectivity index (χ4v) is 2.95. The van der Waals surface area contributed by atoms with Crippen LogP contribution in [0.25, 0.3) is 6.08 Å². The minimum Gasteiger partial charge on any atom is -0.465 e. The Bertz CT molecular complexity index is 1150. The van der Waals surface area contributed by atoms with Crippen LogP contribution < -0.4 is 20.2 Å². The molecule has 0 bridgehead atoms. The van der Waals surface area contributed by atoms with Gasteiger partial charge in [0.1, 0.15) is 11.5 Å². The van der Waals surface area contributed by atoms with Gasteiger partial charge in [0, 0.05) is 16.1 Å². The zero-order valence-corrected chi connectivity index (χ0v) is 17.6. The molecular weight excluding hydrogens is 466 g/mol. The van der Waals surface area contributed by atoms with E-state index in [9.17, 15) is 9.59 Å². The molecule has 2 amide bonds. The summed E-state index contributed by atoms with van der Waals surface area (Å²) in [6.07, 6.45) is 4.35. The highest BCUT2D eigenvalue weighted by molar-refractivity contribution is 9.10. The zero-order chi connectivity index (χ0) is 21.6. The van der Waals surface area contributed by atoms with Gasteiger partial charge in [0.05, 0.1) is 12.5 Å². The van der Waals surface area contributed by atoms with E-state index in [1.165, 1.54) is 18.6 Å². The molecule has 156 valence electrons. The Morgan fingerprint density at radius 2 is 1.84 bits per heavy atom. The van der Waals surface area contributed by atoms with Crippen molar-refractivity contribution in [1.29, 1.82) is 0 Å². The maximum absolute atomic E-state index is 12.7. The summed E-state index contributed by atoms with van der Waals surface area (Å²) in [5, 5.41) is 6.56. The minimum atomic E-state index is -0.612. The Balaban J connectivity index is 1.47. The molecule has 8 nitrogen and oxygen atoms in total. The highest BCUT2D eigenvalue weighted by atomic mass is 79.9. The molecule has 0 unspecified atom stereocenters. The second-order valence-corrected chi connectivity index (χ2v) is 7.26. The van der Waals surface area contributed by atoms with E-state index < -0.39 is 11.8 Å². The summed E-state index contributed by atoms with van der Waals surface area (Å²) in [5.41, 5.74) is 3.48. The molecule has 4 rings (SSSR count). The number of hydrazone groups is 1. The summed E-state index contributed by atoms with van der Waals surface area (Å²) < 4.78 is 16.7. The van der Waals surface area contributed by atoms with Crippen LogP contribution in [-0.2, 0) is 4.79 Å². The van der Waals surface area contributed by atoms with Gasteiger partial charge in [-0.2, -0.15) is 5.10 Å². The highest BCUT2D eigenvalue weighted by Gasteiger charge is 2.16. The van der Waals surface area contributed by atoms with Crippen LogP contribution in [0.3, 0.4) is 0 Å². The number of amides is 2. The van der Waals surface area contributed by atoms with E-state index in [-0.39, 0.29) is 12.5 Å². The fourth-order valence-electron chi connectivity index (χ4n) is 2.69. The Morgan fingerprint density at radius 1 is 1.03 bits per heavy atom. The number of ether oxygens (including phenoxy) is 2. The van der Waals surface area contributed by atoms with Crippen molar-refractivity contribution in [2.75, 3.05) is 6.79 Å². The van der Waals surface area contributed by atoms with Crippen molar-refractivity contribution >= 4 is 40.0 Å². The fraction of sp³-hybridized carbons (Fsp3) is 0.0455. The van der Waals surface area contributed by atoms with Gasteiger partial charge in [0.15, 0.2) is 11.5 Å². The Morgan fingerprint density at radius 3 is 2.61 bits per heavy atom. The van der Waals surface area contributed by atoms with Gasteiger partial charge in [-0.25, -0.2) is 5.43 Å². The zero-order valence-electron chi connectivity index (χ0n) is 16.0. The van der Waals surface area contributed by atoms with Gasteiger partial charge in [-0.05, 0) is 60.2 Å². The number of benzene rings is 2. The van der Waals surface area contributed by atoms with E-state index >= 15 is 0 Å². The van der Waals surface area contributed by atoms with Crippen LogP contribution in [0.2, 0.25) is 0 Å². The van der Waals surface area contributed by atoms with Crippen molar-refractivity contribution in [3.8, 4) is 11.5 Å². The third kappa shape index (κ3) is 5.20. The third-order valence-corrected chi connectivity index (χ3v) is 4.73. The normalized spacial score (nSPS) is 12.7. The summed E-state index contributed by atoms with van der Waals surface area (Å²) in [6.45, 7) is 0.172. The summed E-state index contributed by atoms with van der Waals surface area (Å²) >= 11 is 3.32. The Labute approximate surface area is 185 Å². The van der Waals surface area contributed by atoms with Crippen LogP contribution in [0.4, 0.5) is 0 Å². The second kappa shape index (κ2) is 9.31. The molecule has 1 aliphatic rings. The quantitative estimate of drug-likeness (QED) is 0.317. The number of rotatable bonds is 6. The summed E-state index contributed by atoms with van der Waals surface area (Å²) in [5.74, 6) is 0.607. The van der Waals surface area contributed by atoms with E-state index in [4.69, 9.17) is 13.9 Å². The molecule has 2 N–H and O–H groups in total. The van der Waals surface area contributed by atoms with Crippen LogP contribution >= 0.6 is 15.9 Å². The number of furan rings is 1. The van der Waals surface area contributed by atoms with Crippen molar-refractivity contribution in [2.45, 2.75) is 0 Å². The highest BCUT2D eigenvalue weighted by Crippen LogP contribution is 2.31. The van der Waals surface area contributed by atoms with Crippen molar-refractivity contribution in [2.24, 2.45) is 5.10 Å². The number of carbonyl (C=O) groups is 2. The molecular formula is C22H16BrN3O5. The van der Waals surface area contributed by atoms with Crippen molar-refractivity contribution < 1.29 is 23.5 Å². The number of nitrogens with zero attached hydrogens (tertiary/aromatic N) is 1. The standard InChI is InChI=1S/C22H16BrN3O5/c23-16-6-4-15(5-7-16)21(27)25-18(11-17-2-1-9-29-17)22(28)26-24-12-14-3-8-19-20(10-14)31-13-30-19/h1-12H,13H2,(H,25,27)(H,26,28)/b18-11-,24-12-. The van der Waals surface area contributed by atoms with Gasteiger partial charge in [-0.15, -0.1) is 0 Å². The molecule has 31 heavy (non-hydrogen) atoms. The van der Waals surface area contributed by atoms with Gasteiger partial charge in [0.25, 0.3) is 11.8 Å². The van der Waals surface area contributed by atoms with E-state index in [0.717, 1.165) is 4.47 Å². The maximum atomic E-state index is 12.7. The van der Waals surface area contributed by atoms with Crippen molar-refractivity contribution in [3.63, 3.8) is 0 Å². The molecule has 3 aromatic rings. The third-order valence-electron chi connectivity index (χ3n) is 4.21. The molecule has 0 aliphatic carbocycles. The minimum absolute atomic E-state index is 0.0225. The average Bonchev–Trinajstić information content (AvgIpc) is 3.45. The molecule has 0 spiro atoms. The molecule has 1 aromatic heterocycles. The molecule has 0 saturated heterocycles. The van der Waals surface area contributed by atoms with Gasteiger partial charge in [0.2, 0.25) is 6.79 Å². The number of halogens is 1. The predicted octanol–water partition coefficient (Wildman–Crippen LogP) is 3.69. The first-order chi connectivity index (χ1) is 15.1. The van der Waals surface area contributed by atoms with Gasteiger partial charge in [-0.3, -0.25) is 9.59 Å². The number of nitrogens with one attached hydrogen (secondary N) is 2.